The van der Waals surface area contributed by atoms with E-state index in [-0.39, 0.29) is 0 Å². The van der Waals surface area contributed by atoms with Gasteiger partial charge in [-0.3, -0.25) is 4.98 Å². The Labute approximate surface area is 126 Å². The lowest BCUT2D eigenvalue weighted by Gasteiger charge is -2.11. The van der Waals surface area contributed by atoms with Crippen molar-refractivity contribution in [2.24, 2.45) is 0 Å². The molecule has 0 atom stereocenters. The molecular formula is C14H15N7O. The second-order valence-electron chi connectivity index (χ2n) is 4.65. The van der Waals surface area contributed by atoms with Gasteiger partial charge in [0, 0.05) is 25.0 Å². The zero-order valence-electron chi connectivity index (χ0n) is 11.9. The maximum atomic E-state index is 6.08. The van der Waals surface area contributed by atoms with E-state index in [4.69, 9.17) is 10.3 Å². The van der Waals surface area contributed by atoms with Gasteiger partial charge in [-0.25, -0.2) is 9.97 Å². The van der Waals surface area contributed by atoms with Crippen molar-refractivity contribution in [2.75, 3.05) is 16.4 Å². The molecule has 0 aromatic carbocycles. The number of nitrogens with zero attached hydrogens (tertiary/aromatic N) is 4. The van der Waals surface area contributed by atoms with Crippen molar-refractivity contribution >= 4 is 23.1 Å². The molecule has 3 rings (SSSR count). The highest BCUT2D eigenvalue weighted by atomic mass is 16.5. The number of pyridine rings is 1. The molecule has 0 unspecified atom stereocenters. The van der Waals surface area contributed by atoms with Crippen LogP contribution in [0.3, 0.4) is 0 Å². The minimum atomic E-state index is 0.409. The number of nitrogens with two attached hydrogens (primary N) is 1. The average molecular weight is 297 g/mol. The zero-order chi connectivity index (χ0) is 15.4. The number of hydrogen-bond acceptors (Lipinski definition) is 8. The molecule has 0 aliphatic carbocycles. The monoisotopic (exact) mass is 297 g/mol. The van der Waals surface area contributed by atoms with Gasteiger partial charge in [-0.2, -0.15) is 0 Å². The quantitative estimate of drug-likeness (QED) is 0.656. The summed E-state index contributed by atoms with van der Waals surface area (Å²) in [5, 5.41) is 10.0. The molecule has 0 radical (unpaired) electrons. The van der Waals surface area contributed by atoms with E-state index < -0.39 is 0 Å². The largest absolute Gasteiger partial charge is 0.393 e. The lowest BCUT2D eigenvalue weighted by Crippen LogP contribution is -2.08. The van der Waals surface area contributed by atoms with E-state index in [2.05, 4.69) is 30.7 Å². The first-order chi connectivity index (χ1) is 10.7. The van der Waals surface area contributed by atoms with Gasteiger partial charge in [0.1, 0.15) is 17.8 Å². The van der Waals surface area contributed by atoms with Crippen molar-refractivity contribution in [3.8, 4) is 0 Å². The third kappa shape index (κ3) is 3.11. The Morgan fingerprint density at radius 2 is 2.14 bits per heavy atom. The number of aromatic nitrogens is 4. The van der Waals surface area contributed by atoms with E-state index in [1.165, 1.54) is 6.33 Å². The number of nitrogens with one attached hydrogen (secondary N) is 2. The van der Waals surface area contributed by atoms with Gasteiger partial charge < -0.3 is 20.9 Å². The van der Waals surface area contributed by atoms with E-state index in [1.54, 1.807) is 18.5 Å². The van der Waals surface area contributed by atoms with Gasteiger partial charge in [-0.1, -0.05) is 11.2 Å². The van der Waals surface area contributed by atoms with Crippen LogP contribution in [0.15, 0.2) is 41.4 Å². The fourth-order valence-electron chi connectivity index (χ4n) is 1.87. The maximum Gasteiger partial charge on any atom is 0.175 e. The molecule has 8 nitrogen and oxygen atoms in total. The Balaban J connectivity index is 1.74. The molecule has 0 saturated carbocycles. The predicted octanol–water partition coefficient (Wildman–Crippen LogP) is 2.11. The van der Waals surface area contributed by atoms with Crippen molar-refractivity contribution in [3.05, 3.63) is 48.2 Å². The summed E-state index contributed by atoms with van der Waals surface area (Å²) < 4.78 is 4.99. The minimum absolute atomic E-state index is 0.409. The molecule has 4 N–H and O–H groups in total. The molecule has 0 saturated heterocycles. The van der Waals surface area contributed by atoms with E-state index in [0.717, 1.165) is 5.56 Å². The summed E-state index contributed by atoms with van der Waals surface area (Å²) in [7, 11) is 0. The average Bonchev–Trinajstić information content (AvgIpc) is 2.94. The number of hydrogen-bond donors (Lipinski definition) is 3. The molecular weight excluding hydrogens is 282 g/mol. The fourth-order valence-corrected chi connectivity index (χ4v) is 1.87. The summed E-state index contributed by atoms with van der Waals surface area (Å²) in [6.45, 7) is 2.37. The van der Waals surface area contributed by atoms with Crippen LogP contribution >= 0.6 is 0 Å². The van der Waals surface area contributed by atoms with Crippen LogP contribution in [-0.2, 0) is 6.54 Å². The van der Waals surface area contributed by atoms with E-state index in [9.17, 15) is 0 Å². The van der Waals surface area contributed by atoms with Crippen molar-refractivity contribution in [3.63, 3.8) is 0 Å². The predicted molar refractivity (Wildman–Crippen MR) is 82.5 cm³/mol. The summed E-state index contributed by atoms with van der Waals surface area (Å²) >= 11 is 0. The number of aryl methyl sites for hydroxylation is 1. The van der Waals surface area contributed by atoms with Gasteiger partial charge in [0.05, 0.1) is 0 Å². The van der Waals surface area contributed by atoms with Gasteiger partial charge in [0.2, 0.25) is 0 Å². The molecule has 3 heterocycles. The van der Waals surface area contributed by atoms with E-state index in [1.807, 2.05) is 19.1 Å². The highest BCUT2D eigenvalue weighted by Gasteiger charge is 2.10. The van der Waals surface area contributed by atoms with E-state index in [0.29, 0.717) is 35.4 Å². The fraction of sp³-hybridized carbons (Fsp3) is 0.143. The van der Waals surface area contributed by atoms with Gasteiger partial charge >= 0.3 is 0 Å². The lowest BCUT2D eigenvalue weighted by atomic mass is 10.3. The van der Waals surface area contributed by atoms with Gasteiger partial charge in [0.15, 0.2) is 17.5 Å². The molecule has 0 spiro atoms. The van der Waals surface area contributed by atoms with Gasteiger partial charge in [0.25, 0.3) is 0 Å². The first-order valence-corrected chi connectivity index (χ1v) is 6.66. The summed E-state index contributed by atoms with van der Waals surface area (Å²) in [6, 6.07) is 5.60. The number of anilines is 4. The molecule has 112 valence electrons. The van der Waals surface area contributed by atoms with Crippen molar-refractivity contribution < 1.29 is 4.52 Å². The van der Waals surface area contributed by atoms with Crippen LogP contribution in [0.1, 0.15) is 11.3 Å². The van der Waals surface area contributed by atoms with Gasteiger partial charge in [-0.15, -0.1) is 0 Å². The summed E-state index contributed by atoms with van der Waals surface area (Å²) in [5.41, 5.74) is 7.52. The molecule has 8 heteroatoms. The Bertz CT molecular complexity index is 757. The van der Waals surface area contributed by atoms with Crippen LogP contribution in [-0.4, -0.2) is 20.1 Å². The normalized spacial score (nSPS) is 10.4. The van der Waals surface area contributed by atoms with E-state index >= 15 is 0 Å². The topological polar surface area (TPSA) is 115 Å². The molecule has 3 aromatic heterocycles. The third-order valence-electron chi connectivity index (χ3n) is 2.94. The van der Waals surface area contributed by atoms with Crippen LogP contribution in [0.5, 0.6) is 0 Å². The number of nitrogen functional groups attached to an aromatic ring is 1. The molecule has 0 amide bonds. The van der Waals surface area contributed by atoms with Crippen molar-refractivity contribution in [1.29, 1.82) is 0 Å². The van der Waals surface area contributed by atoms with Crippen LogP contribution < -0.4 is 16.4 Å². The lowest BCUT2D eigenvalue weighted by molar-refractivity contribution is 0.400. The Morgan fingerprint density at radius 3 is 2.86 bits per heavy atom. The van der Waals surface area contributed by atoms with Crippen LogP contribution in [0.2, 0.25) is 0 Å². The molecule has 0 fully saturated rings. The number of rotatable bonds is 5. The van der Waals surface area contributed by atoms with Crippen LogP contribution in [0.25, 0.3) is 0 Å². The molecule has 0 aliphatic heterocycles. The second kappa shape index (κ2) is 6.08. The first-order valence-electron chi connectivity index (χ1n) is 6.66. The zero-order valence-corrected chi connectivity index (χ0v) is 11.9. The molecule has 22 heavy (non-hydrogen) atoms. The summed E-state index contributed by atoms with van der Waals surface area (Å²) in [6.07, 6.45) is 4.93. The second-order valence-corrected chi connectivity index (χ2v) is 4.65. The molecule has 3 aromatic rings. The minimum Gasteiger partial charge on any atom is -0.393 e. The molecule has 0 aliphatic rings. The Hall–Kier alpha value is -3.16. The SMILES string of the molecule is Cc1cc(Nc2ncnc(NCc3cccnc3)c2N)no1. The third-order valence-corrected chi connectivity index (χ3v) is 2.94. The maximum absolute atomic E-state index is 6.08. The Kier molecular flexibility index (Phi) is 3.82. The van der Waals surface area contributed by atoms with Crippen molar-refractivity contribution in [2.45, 2.75) is 13.5 Å². The first kappa shape index (κ1) is 13.8. The van der Waals surface area contributed by atoms with Crippen LogP contribution in [0, 0.1) is 6.92 Å². The highest BCUT2D eigenvalue weighted by molar-refractivity contribution is 5.76. The summed E-state index contributed by atoms with van der Waals surface area (Å²) in [5.74, 6) is 2.25. The summed E-state index contributed by atoms with van der Waals surface area (Å²) in [4.78, 5) is 12.3. The standard InChI is InChI=1S/C14H15N7O/c1-9-5-11(21-22-9)20-14-12(15)13(18-8-19-14)17-7-10-3-2-4-16-6-10/h2-6,8H,7,15H2,1H3,(H2,17,18,19,20,21). The highest BCUT2D eigenvalue weighted by Crippen LogP contribution is 2.25. The molecule has 0 bridgehead atoms. The smallest absolute Gasteiger partial charge is 0.175 e. The van der Waals surface area contributed by atoms with Gasteiger partial charge in [-0.05, 0) is 18.6 Å². The van der Waals surface area contributed by atoms with Crippen LogP contribution in [0.4, 0.5) is 23.1 Å². The van der Waals surface area contributed by atoms with Crippen molar-refractivity contribution in [1.82, 2.24) is 20.1 Å². The Morgan fingerprint density at radius 1 is 1.27 bits per heavy atom.